The summed E-state index contributed by atoms with van der Waals surface area (Å²) in [4.78, 5) is 15.3. The first-order valence-corrected chi connectivity index (χ1v) is 9.61. The van der Waals surface area contributed by atoms with E-state index in [2.05, 4.69) is 6.07 Å². The van der Waals surface area contributed by atoms with Crippen molar-refractivity contribution in [3.8, 4) is 23.0 Å². The lowest BCUT2D eigenvalue weighted by atomic mass is 10.0. The average molecular weight is 386 g/mol. The molecule has 2 aliphatic heterocycles. The number of phenolic OH excluding ortho intramolecular Hbond substituents is 2. The van der Waals surface area contributed by atoms with Crippen LogP contribution in [0.2, 0.25) is 0 Å². The highest BCUT2D eigenvalue weighted by Crippen LogP contribution is 2.32. The minimum absolute atomic E-state index is 0.00197. The number of Topliss-reactive ketones (excluding diaryl/α,β-unsaturated/α-hetero) is 1. The molecular formula is C21H26N2O5+2. The summed E-state index contributed by atoms with van der Waals surface area (Å²) in [5.41, 5.74) is 1.86. The number of piperazine rings is 1. The second-order valence-electron chi connectivity index (χ2n) is 7.57. The number of ether oxygens (including phenoxy) is 2. The molecule has 0 bridgehead atoms. The Bertz CT molecular complexity index is 891. The number of quaternary nitrogens is 2. The summed E-state index contributed by atoms with van der Waals surface area (Å²) in [6.45, 7) is 6.96. The first-order valence-electron chi connectivity index (χ1n) is 9.61. The normalized spacial score (nSPS) is 20.9. The van der Waals surface area contributed by atoms with Gasteiger partial charge in [-0.1, -0.05) is 0 Å². The molecule has 0 aliphatic carbocycles. The number of phenols is 2. The molecule has 0 spiro atoms. The van der Waals surface area contributed by atoms with Crippen molar-refractivity contribution in [3.05, 3.63) is 47.0 Å². The molecule has 0 atom stereocenters. The monoisotopic (exact) mass is 386 g/mol. The zero-order valence-corrected chi connectivity index (χ0v) is 16.0. The summed E-state index contributed by atoms with van der Waals surface area (Å²) in [6.07, 6.45) is 0. The number of aromatic hydroxyl groups is 2. The van der Waals surface area contributed by atoms with Gasteiger partial charge in [0, 0.05) is 11.1 Å². The van der Waals surface area contributed by atoms with E-state index in [4.69, 9.17) is 9.47 Å². The van der Waals surface area contributed by atoms with Gasteiger partial charge in [-0.3, -0.25) is 4.79 Å². The Morgan fingerprint density at radius 2 is 1.71 bits per heavy atom. The first-order chi connectivity index (χ1) is 13.5. The highest BCUT2D eigenvalue weighted by Gasteiger charge is 2.27. The highest BCUT2D eigenvalue weighted by atomic mass is 16.7. The van der Waals surface area contributed by atoms with Gasteiger partial charge >= 0.3 is 0 Å². The van der Waals surface area contributed by atoms with E-state index < -0.39 is 0 Å². The lowest BCUT2D eigenvalue weighted by Gasteiger charge is -2.29. The van der Waals surface area contributed by atoms with Crippen molar-refractivity contribution in [2.75, 3.05) is 39.5 Å². The summed E-state index contributed by atoms with van der Waals surface area (Å²) in [6, 6.07) is 9.06. The number of carbonyl (C=O) groups is 1. The number of ketones is 1. The molecule has 7 heteroatoms. The van der Waals surface area contributed by atoms with Crippen molar-refractivity contribution >= 4 is 5.78 Å². The summed E-state index contributed by atoms with van der Waals surface area (Å²) < 4.78 is 10.8. The van der Waals surface area contributed by atoms with Crippen LogP contribution in [0.3, 0.4) is 0 Å². The smallest absolute Gasteiger partial charge is 0.231 e. The van der Waals surface area contributed by atoms with E-state index in [1.807, 2.05) is 12.1 Å². The van der Waals surface area contributed by atoms with Crippen LogP contribution in [0.15, 0.2) is 30.3 Å². The van der Waals surface area contributed by atoms with E-state index in [0.717, 1.165) is 44.2 Å². The minimum Gasteiger partial charge on any atom is -0.508 e. The van der Waals surface area contributed by atoms with Gasteiger partial charge in [-0.2, -0.15) is 0 Å². The summed E-state index contributed by atoms with van der Waals surface area (Å²) in [5.74, 6) is 1.42. The van der Waals surface area contributed by atoms with Crippen molar-refractivity contribution < 1.29 is 34.3 Å². The van der Waals surface area contributed by atoms with Gasteiger partial charge in [-0.25, -0.2) is 0 Å². The van der Waals surface area contributed by atoms with Crippen molar-refractivity contribution in [1.82, 2.24) is 0 Å². The molecule has 2 aliphatic rings. The molecule has 148 valence electrons. The predicted octanol–water partition coefficient (Wildman–Crippen LogP) is -0.699. The van der Waals surface area contributed by atoms with Gasteiger partial charge in [-0.05, 0) is 37.3 Å². The van der Waals surface area contributed by atoms with Crippen molar-refractivity contribution in [3.63, 3.8) is 0 Å². The number of hydrogen-bond acceptors (Lipinski definition) is 5. The number of carbonyl (C=O) groups excluding carboxylic acids is 1. The standard InChI is InChI=1S/C21H24N2O5/c1-14-17(24)4-3-16(21(14)26)18(25)12-23-8-6-22(7-9-23)11-15-2-5-19-20(10-15)28-13-27-19/h2-5,10,24,26H,6-9,11-13H2,1H3/p+2. The quantitative estimate of drug-likeness (QED) is 0.511. The second-order valence-corrected chi connectivity index (χ2v) is 7.57. The third-order valence-corrected chi connectivity index (χ3v) is 5.67. The van der Waals surface area contributed by atoms with Crippen molar-refractivity contribution in [1.29, 1.82) is 0 Å². The number of hydrogen-bond donors (Lipinski definition) is 4. The molecule has 0 saturated carbocycles. The minimum atomic E-state index is -0.114. The maximum Gasteiger partial charge on any atom is 0.231 e. The first kappa shape index (κ1) is 18.6. The number of rotatable bonds is 5. The Labute approximate surface area is 163 Å². The van der Waals surface area contributed by atoms with Gasteiger partial charge in [0.1, 0.15) is 50.8 Å². The maximum absolute atomic E-state index is 12.6. The fourth-order valence-electron chi connectivity index (χ4n) is 3.89. The highest BCUT2D eigenvalue weighted by molar-refractivity contribution is 5.99. The molecule has 4 rings (SSSR count). The predicted molar refractivity (Wildman–Crippen MR) is 101 cm³/mol. The summed E-state index contributed by atoms with van der Waals surface area (Å²) in [7, 11) is 0. The molecule has 4 N–H and O–H groups in total. The topological polar surface area (TPSA) is 84.9 Å². The molecule has 1 fully saturated rings. The molecule has 1 saturated heterocycles. The average Bonchev–Trinajstić information content (AvgIpc) is 3.15. The molecule has 28 heavy (non-hydrogen) atoms. The van der Waals surface area contributed by atoms with Crippen LogP contribution >= 0.6 is 0 Å². The molecule has 0 amide bonds. The largest absolute Gasteiger partial charge is 0.508 e. The number of fused-ring (bicyclic) bond motifs is 1. The SMILES string of the molecule is Cc1c(O)ccc(C(=O)C[NH+]2CC[NH+](Cc3ccc4c(c3)OCO4)CC2)c1O. The van der Waals surface area contributed by atoms with Crippen LogP contribution in [-0.2, 0) is 6.54 Å². The Kier molecular flexibility index (Phi) is 5.11. The molecule has 0 radical (unpaired) electrons. The fourth-order valence-corrected chi connectivity index (χ4v) is 3.89. The Hall–Kier alpha value is -2.77. The molecule has 2 aromatic rings. The van der Waals surface area contributed by atoms with E-state index in [1.165, 1.54) is 27.5 Å². The second kappa shape index (κ2) is 7.69. The van der Waals surface area contributed by atoms with Crippen LogP contribution in [0.25, 0.3) is 0 Å². The van der Waals surface area contributed by atoms with E-state index in [-0.39, 0.29) is 29.6 Å². The van der Waals surface area contributed by atoms with Gasteiger partial charge in [0.25, 0.3) is 0 Å². The van der Waals surface area contributed by atoms with Gasteiger partial charge in [0.05, 0.1) is 5.56 Å². The number of nitrogens with one attached hydrogen (secondary N) is 2. The van der Waals surface area contributed by atoms with E-state index >= 15 is 0 Å². The Morgan fingerprint density at radius 3 is 2.50 bits per heavy atom. The molecular weight excluding hydrogens is 360 g/mol. The van der Waals surface area contributed by atoms with E-state index in [1.54, 1.807) is 6.92 Å². The summed E-state index contributed by atoms with van der Waals surface area (Å²) >= 11 is 0. The van der Waals surface area contributed by atoms with Crippen molar-refractivity contribution in [2.45, 2.75) is 13.5 Å². The van der Waals surface area contributed by atoms with Gasteiger partial charge in [0.15, 0.2) is 11.5 Å². The zero-order valence-electron chi connectivity index (χ0n) is 16.0. The zero-order chi connectivity index (χ0) is 19.7. The van der Waals surface area contributed by atoms with Crippen LogP contribution in [0.1, 0.15) is 21.5 Å². The van der Waals surface area contributed by atoms with Crippen LogP contribution in [0.5, 0.6) is 23.0 Å². The third-order valence-electron chi connectivity index (χ3n) is 5.67. The fraction of sp³-hybridized carbons (Fsp3) is 0.381. The molecule has 7 nitrogen and oxygen atoms in total. The lowest BCUT2D eigenvalue weighted by Crippen LogP contribution is -3.27. The lowest BCUT2D eigenvalue weighted by molar-refractivity contribution is -1.01. The van der Waals surface area contributed by atoms with E-state index in [0.29, 0.717) is 12.1 Å². The van der Waals surface area contributed by atoms with Crippen LogP contribution < -0.4 is 19.3 Å². The van der Waals surface area contributed by atoms with Crippen LogP contribution in [0.4, 0.5) is 0 Å². The molecule has 0 unspecified atom stereocenters. The molecule has 0 aromatic heterocycles. The maximum atomic E-state index is 12.6. The van der Waals surface area contributed by atoms with Gasteiger partial charge in [0.2, 0.25) is 12.6 Å². The molecule has 2 heterocycles. The number of benzene rings is 2. The summed E-state index contributed by atoms with van der Waals surface area (Å²) in [5, 5.41) is 19.8. The molecule has 2 aromatic carbocycles. The third kappa shape index (κ3) is 3.76. The Morgan fingerprint density at radius 1 is 1.00 bits per heavy atom. The van der Waals surface area contributed by atoms with Crippen LogP contribution in [0, 0.1) is 6.92 Å². The van der Waals surface area contributed by atoms with Gasteiger partial charge < -0.3 is 29.5 Å². The van der Waals surface area contributed by atoms with Crippen molar-refractivity contribution in [2.24, 2.45) is 0 Å². The van der Waals surface area contributed by atoms with Gasteiger partial charge in [-0.15, -0.1) is 0 Å². The van der Waals surface area contributed by atoms with Crippen LogP contribution in [-0.4, -0.2) is 55.5 Å². The Balaban J connectivity index is 1.31. The van der Waals surface area contributed by atoms with E-state index in [9.17, 15) is 15.0 Å².